The predicted molar refractivity (Wildman–Crippen MR) is 129 cm³/mol. The van der Waals surface area contributed by atoms with Gasteiger partial charge in [-0.3, -0.25) is 13.9 Å². The number of aryl methyl sites for hydroxylation is 1. The van der Waals surface area contributed by atoms with Crippen molar-refractivity contribution in [2.45, 2.75) is 42.0 Å². The highest BCUT2D eigenvalue weighted by molar-refractivity contribution is 7.92. The molecule has 1 unspecified atom stereocenters. The third-order valence-electron chi connectivity index (χ3n) is 7.13. The Labute approximate surface area is 221 Å². The number of hydrogen-bond donors (Lipinski definition) is 1. The third-order valence-corrected chi connectivity index (χ3v) is 9.01. The molecule has 8 nitrogen and oxygen atoms in total. The number of nitrogens with zero attached hydrogens (tertiary/aromatic N) is 3. The Kier molecular flexibility index (Phi) is 7.65. The molecule has 2 aliphatic rings. The number of alkyl halides is 4. The minimum absolute atomic E-state index is 0.00434. The number of carbonyl (C=O) groups excluding carboxylic acids is 2. The van der Waals surface area contributed by atoms with E-state index in [2.05, 4.69) is 0 Å². The largest absolute Gasteiger partial charge is 0.424 e. The van der Waals surface area contributed by atoms with E-state index in [1.807, 2.05) is 0 Å². The lowest BCUT2D eigenvalue weighted by Crippen LogP contribution is -2.53. The van der Waals surface area contributed by atoms with Crippen LogP contribution in [-0.2, 0) is 31.6 Å². The highest BCUT2D eigenvalue weighted by Crippen LogP contribution is 2.43. The second kappa shape index (κ2) is 10.4. The van der Waals surface area contributed by atoms with Gasteiger partial charge in [-0.2, -0.15) is 13.2 Å². The summed E-state index contributed by atoms with van der Waals surface area (Å²) in [5.41, 5.74) is -4.54. The van der Waals surface area contributed by atoms with Crippen molar-refractivity contribution in [1.29, 1.82) is 0 Å². The molecule has 2 aliphatic heterocycles. The monoisotopic (exact) mass is 575 g/mol. The van der Waals surface area contributed by atoms with Crippen LogP contribution in [0.4, 0.5) is 27.6 Å². The van der Waals surface area contributed by atoms with Gasteiger partial charge < -0.3 is 14.9 Å². The minimum Gasteiger partial charge on any atom is -0.374 e. The lowest BCUT2D eigenvalue weighted by Gasteiger charge is -2.40. The summed E-state index contributed by atoms with van der Waals surface area (Å²) in [5, 5.41) is 10.1. The normalized spacial score (nSPS) is 20.0. The maximum atomic E-state index is 13.8. The Balaban J connectivity index is 1.75. The van der Waals surface area contributed by atoms with Crippen LogP contribution in [-0.4, -0.2) is 80.7 Å². The van der Waals surface area contributed by atoms with Gasteiger partial charge in [0.15, 0.2) is 0 Å². The number of likely N-dealkylation sites (N-methyl/N-ethyl adjacent to an activating group) is 1. The van der Waals surface area contributed by atoms with Crippen LogP contribution in [0.1, 0.15) is 24.0 Å². The second-order valence-corrected chi connectivity index (χ2v) is 11.4. The number of halogens is 5. The molecule has 2 heterocycles. The van der Waals surface area contributed by atoms with Crippen molar-refractivity contribution in [3.8, 4) is 0 Å². The molecule has 1 saturated heterocycles. The van der Waals surface area contributed by atoms with Crippen LogP contribution in [0.2, 0.25) is 0 Å². The Morgan fingerprint density at radius 2 is 1.77 bits per heavy atom. The fraction of sp³-hybridized carbons (Fsp3) is 0.440. The molecule has 0 bridgehead atoms. The zero-order valence-electron chi connectivity index (χ0n) is 20.8. The summed E-state index contributed by atoms with van der Waals surface area (Å²) in [5.74, 6) is -1.46. The molecule has 0 spiro atoms. The van der Waals surface area contributed by atoms with Gasteiger partial charge in [0.05, 0.1) is 23.2 Å². The number of amides is 2. The summed E-state index contributed by atoms with van der Waals surface area (Å²) in [6, 6.07) is 5.67. The van der Waals surface area contributed by atoms with Crippen molar-refractivity contribution in [1.82, 2.24) is 9.80 Å². The topological polar surface area (TPSA) is 98.2 Å². The molecule has 4 rings (SSSR count). The van der Waals surface area contributed by atoms with Crippen molar-refractivity contribution < 1.29 is 45.1 Å². The van der Waals surface area contributed by atoms with E-state index in [0.717, 1.165) is 46.8 Å². The molecular formula is C25H26F5N3O5S. The van der Waals surface area contributed by atoms with Gasteiger partial charge >= 0.3 is 6.18 Å². The molecule has 2 aromatic carbocycles. The SMILES string of the molecule is CN1CCN(C(=O)C[C@@H]2CCc3cc(C(O)(CF)C(F)(F)F)ccc3N2S(=O)(=O)c2ccc(F)cc2)CC1=O. The van der Waals surface area contributed by atoms with Crippen molar-refractivity contribution in [3.63, 3.8) is 0 Å². The minimum atomic E-state index is -5.33. The number of fused-ring (bicyclic) bond motifs is 1. The van der Waals surface area contributed by atoms with Gasteiger partial charge in [-0.05, 0) is 54.3 Å². The van der Waals surface area contributed by atoms with Gasteiger partial charge in [0, 0.05) is 26.6 Å². The summed E-state index contributed by atoms with van der Waals surface area (Å²) in [7, 11) is -2.86. The predicted octanol–water partition coefficient (Wildman–Crippen LogP) is 2.75. The fourth-order valence-electron chi connectivity index (χ4n) is 4.74. The number of anilines is 1. The summed E-state index contributed by atoms with van der Waals surface area (Å²) >= 11 is 0. The molecule has 0 aliphatic carbocycles. The molecule has 0 saturated carbocycles. The van der Waals surface area contributed by atoms with E-state index in [1.54, 1.807) is 7.05 Å². The molecule has 2 atom stereocenters. The van der Waals surface area contributed by atoms with Crippen LogP contribution in [0.25, 0.3) is 0 Å². The van der Waals surface area contributed by atoms with Crippen LogP contribution >= 0.6 is 0 Å². The molecular weight excluding hydrogens is 549 g/mol. The summed E-state index contributed by atoms with van der Waals surface area (Å²) in [4.78, 5) is 27.6. The summed E-state index contributed by atoms with van der Waals surface area (Å²) < 4.78 is 95.8. The van der Waals surface area contributed by atoms with E-state index in [-0.39, 0.29) is 54.4 Å². The third kappa shape index (κ3) is 5.31. The summed E-state index contributed by atoms with van der Waals surface area (Å²) in [6.45, 7) is -1.77. The Hall–Kier alpha value is -3.26. The number of hydrogen-bond acceptors (Lipinski definition) is 5. The van der Waals surface area contributed by atoms with Crippen molar-refractivity contribution >= 4 is 27.5 Å². The van der Waals surface area contributed by atoms with Crippen LogP contribution < -0.4 is 4.31 Å². The highest BCUT2D eigenvalue weighted by atomic mass is 32.2. The van der Waals surface area contributed by atoms with Gasteiger partial charge in [-0.1, -0.05) is 12.1 Å². The van der Waals surface area contributed by atoms with E-state index < -0.39 is 51.8 Å². The number of piperazine rings is 1. The van der Waals surface area contributed by atoms with E-state index in [9.17, 15) is 45.1 Å². The zero-order valence-corrected chi connectivity index (χ0v) is 21.6. The van der Waals surface area contributed by atoms with Crippen LogP contribution in [0.5, 0.6) is 0 Å². The highest BCUT2D eigenvalue weighted by Gasteiger charge is 2.55. The lowest BCUT2D eigenvalue weighted by molar-refractivity contribution is -0.271. The smallest absolute Gasteiger partial charge is 0.374 e. The first-order valence-electron chi connectivity index (χ1n) is 12.0. The van der Waals surface area contributed by atoms with E-state index in [4.69, 9.17) is 0 Å². The Morgan fingerprint density at radius 3 is 2.36 bits per heavy atom. The maximum Gasteiger partial charge on any atom is 0.424 e. The molecule has 1 N–H and O–H groups in total. The number of benzene rings is 2. The maximum absolute atomic E-state index is 13.8. The van der Waals surface area contributed by atoms with Gasteiger partial charge in [-0.15, -0.1) is 0 Å². The van der Waals surface area contributed by atoms with Crippen molar-refractivity contribution in [2.75, 3.05) is 37.7 Å². The van der Waals surface area contributed by atoms with E-state index >= 15 is 0 Å². The first-order valence-corrected chi connectivity index (χ1v) is 13.4. The van der Waals surface area contributed by atoms with E-state index in [0.29, 0.717) is 6.54 Å². The number of rotatable bonds is 6. The standard InChI is InChI=1S/C25H26F5N3O5S/c1-31-10-11-32(14-23(31)35)22(34)13-19-6-2-16-12-17(24(36,15-26)25(28,29)30)3-9-21(16)33(19)39(37,38)20-7-4-18(27)5-8-20/h3-5,7-9,12,19,36H,2,6,10-11,13-15H2,1H3/t19-,24?/m0/s1. The first kappa shape index (κ1) is 28.7. The Morgan fingerprint density at radius 1 is 1.10 bits per heavy atom. The molecule has 1 fully saturated rings. The van der Waals surface area contributed by atoms with Crippen LogP contribution in [0.15, 0.2) is 47.4 Å². The number of sulfonamides is 1. The summed E-state index contributed by atoms with van der Waals surface area (Å²) in [6.07, 6.45) is -5.63. The first-order chi connectivity index (χ1) is 18.2. The van der Waals surface area contributed by atoms with Crippen LogP contribution in [0, 0.1) is 5.82 Å². The molecule has 212 valence electrons. The lowest BCUT2D eigenvalue weighted by atomic mass is 9.88. The molecule has 39 heavy (non-hydrogen) atoms. The molecule has 0 aromatic heterocycles. The Bertz CT molecular complexity index is 1370. The van der Waals surface area contributed by atoms with Gasteiger partial charge in [0.25, 0.3) is 10.0 Å². The quantitative estimate of drug-likeness (QED) is 0.535. The van der Waals surface area contributed by atoms with Gasteiger partial charge in [0.1, 0.15) is 12.5 Å². The number of carbonyl (C=O) groups is 2. The molecule has 0 radical (unpaired) electrons. The fourth-order valence-corrected chi connectivity index (χ4v) is 6.46. The average Bonchev–Trinajstić information content (AvgIpc) is 2.88. The zero-order chi connectivity index (χ0) is 28.8. The van der Waals surface area contributed by atoms with Crippen LogP contribution in [0.3, 0.4) is 0 Å². The number of aliphatic hydroxyl groups is 1. The molecule has 2 aromatic rings. The second-order valence-electron chi connectivity index (χ2n) is 9.62. The van der Waals surface area contributed by atoms with Crippen molar-refractivity contribution in [3.05, 3.63) is 59.4 Å². The average molecular weight is 576 g/mol. The van der Waals surface area contributed by atoms with Gasteiger partial charge in [0.2, 0.25) is 17.4 Å². The molecule has 2 amide bonds. The van der Waals surface area contributed by atoms with Crippen molar-refractivity contribution in [2.24, 2.45) is 0 Å². The van der Waals surface area contributed by atoms with Gasteiger partial charge in [-0.25, -0.2) is 17.2 Å². The molecule has 14 heteroatoms. The van der Waals surface area contributed by atoms with E-state index in [1.165, 1.54) is 9.80 Å².